The van der Waals surface area contributed by atoms with Crippen molar-refractivity contribution in [3.05, 3.63) is 45.4 Å². The largest absolute Gasteiger partial charge is 0.494 e. The maximum absolute atomic E-state index is 10.7. The van der Waals surface area contributed by atoms with Gasteiger partial charge in [-0.1, -0.05) is 13.8 Å². The molecule has 0 radical (unpaired) electrons. The number of nitriles is 2. The van der Waals surface area contributed by atoms with Gasteiger partial charge in [-0.3, -0.25) is 9.11 Å². The van der Waals surface area contributed by atoms with E-state index in [4.69, 9.17) is 31.7 Å². The first kappa shape index (κ1) is 30.3. The van der Waals surface area contributed by atoms with Crippen LogP contribution in [0.4, 0.5) is 0 Å². The molecule has 2 unspecified atom stereocenters. The van der Waals surface area contributed by atoms with Crippen LogP contribution < -0.4 is 19.9 Å². The van der Waals surface area contributed by atoms with Gasteiger partial charge in [0.1, 0.15) is 11.5 Å². The molecule has 0 saturated heterocycles. The number of hydrogen-bond donors (Lipinski definition) is 2. The Labute approximate surface area is 207 Å². The number of hydrogen-bond acceptors (Lipinski definition) is 10. The van der Waals surface area contributed by atoms with Crippen LogP contribution in [0.15, 0.2) is 12.1 Å². The van der Waals surface area contributed by atoms with Gasteiger partial charge in [0.15, 0.2) is 0 Å². The van der Waals surface area contributed by atoms with Crippen molar-refractivity contribution in [3.63, 3.8) is 0 Å². The number of benzene rings is 1. The summed E-state index contributed by atoms with van der Waals surface area (Å²) in [5, 5.41) is 18.6. The molecule has 0 bridgehead atoms. The van der Waals surface area contributed by atoms with E-state index in [0.29, 0.717) is 0 Å². The molecule has 0 heterocycles. The first-order valence-electron chi connectivity index (χ1n) is 9.71. The molecule has 0 aliphatic heterocycles. The normalized spacial score (nSPS) is 14.7. The molecule has 16 heteroatoms. The van der Waals surface area contributed by atoms with E-state index in [9.17, 15) is 27.4 Å². The van der Waals surface area contributed by atoms with E-state index < -0.39 is 57.2 Å². The molecule has 0 aliphatic carbocycles. The molecule has 0 fully saturated rings. The average molecular weight is 541 g/mol. The van der Waals surface area contributed by atoms with Crippen LogP contribution in [0.5, 0.6) is 11.5 Å². The lowest BCUT2D eigenvalue weighted by atomic mass is 10.1. The summed E-state index contributed by atoms with van der Waals surface area (Å²) in [5.74, 6) is -1.38. The predicted octanol–water partition coefficient (Wildman–Crippen LogP) is 0.457. The van der Waals surface area contributed by atoms with E-state index >= 15 is 0 Å². The predicted molar refractivity (Wildman–Crippen MR) is 121 cm³/mol. The van der Waals surface area contributed by atoms with Gasteiger partial charge in [-0.15, -0.1) is 0 Å². The van der Waals surface area contributed by atoms with Gasteiger partial charge in [-0.05, 0) is 12.1 Å². The van der Waals surface area contributed by atoms with Crippen molar-refractivity contribution in [1.29, 1.82) is 10.5 Å². The van der Waals surface area contributed by atoms with E-state index in [2.05, 4.69) is 18.1 Å². The van der Waals surface area contributed by atoms with Crippen LogP contribution in [0.1, 0.15) is 13.8 Å². The number of ether oxygens (including phenoxy) is 2. The van der Waals surface area contributed by atoms with E-state index in [0.717, 1.165) is 0 Å². The SMILES string of the molecule is [C-]#[N+]/C(C#N)=c1/cc(OCC(C)COS(=O)(=O)O)/c(=C(\C#N)[N+]#[C-])cc1OCC(C)COS(=O)(=O)O. The molecule has 1 aromatic rings. The maximum atomic E-state index is 10.7. The monoisotopic (exact) mass is 540 g/mol. The highest BCUT2D eigenvalue weighted by molar-refractivity contribution is 7.81. The standard InChI is InChI=1S/C20H20N4O10S2/c1-13(11-33-35(25,26)27)9-31-19-5-16(18(8-22)24-4)20(6-15(19)17(7-21)23-3)32-10-14(2)12-34-36(28,29)30/h5-6,13-14H,9-12H2,1-2H3,(H,25,26,27)(H,28,29,30)/b17-15-,18-16+. The highest BCUT2D eigenvalue weighted by Gasteiger charge is 2.16. The van der Waals surface area contributed by atoms with Crippen molar-refractivity contribution in [3.8, 4) is 23.6 Å². The van der Waals surface area contributed by atoms with Crippen LogP contribution in [-0.2, 0) is 29.2 Å². The summed E-state index contributed by atoms with van der Waals surface area (Å²) < 4.78 is 80.2. The van der Waals surface area contributed by atoms with Gasteiger partial charge in [0.05, 0.1) is 51.7 Å². The molecule has 192 valence electrons. The number of rotatable bonds is 12. The minimum atomic E-state index is -4.68. The maximum Gasteiger partial charge on any atom is 0.397 e. The highest BCUT2D eigenvalue weighted by Crippen LogP contribution is 2.15. The van der Waals surface area contributed by atoms with E-state index in [1.54, 1.807) is 12.1 Å². The van der Waals surface area contributed by atoms with Gasteiger partial charge in [0, 0.05) is 22.3 Å². The Morgan fingerprint density at radius 3 is 1.42 bits per heavy atom. The molecule has 0 saturated carbocycles. The van der Waals surface area contributed by atoms with Crippen molar-refractivity contribution in [2.75, 3.05) is 26.4 Å². The summed E-state index contributed by atoms with van der Waals surface area (Å²) in [5.41, 5.74) is -0.848. The highest BCUT2D eigenvalue weighted by atomic mass is 32.3. The van der Waals surface area contributed by atoms with Gasteiger partial charge in [-0.25, -0.2) is 28.6 Å². The Hall–Kier alpha value is -3.74. The van der Waals surface area contributed by atoms with Crippen LogP contribution in [0.25, 0.3) is 21.1 Å². The molecule has 1 aromatic carbocycles. The van der Waals surface area contributed by atoms with Crippen LogP contribution in [-0.4, -0.2) is 52.4 Å². The zero-order valence-corrected chi connectivity index (χ0v) is 20.5. The summed E-state index contributed by atoms with van der Waals surface area (Å²) in [6, 6.07) is 5.77. The van der Waals surface area contributed by atoms with Crippen LogP contribution in [0.3, 0.4) is 0 Å². The molecular formula is C20H20N4O10S2. The average Bonchev–Trinajstić information content (AvgIpc) is 2.80. The quantitative estimate of drug-likeness (QED) is 0.274. The second-order valence-electron chi connectivity index (χ2n) is 7.25. The summed E-state index contributed by atoms with van der Waals surface area (Å²) in [4.78, 5) is 6.25. The molecule has 14 nitrogen and oxygen atoms in total. The van der Waals surface area contributed by atoms with Gasteiger partial charge >= 0.3 is 20.8 Å². The second-order valence-corrected chi connectivity index (χ2v) is 9.43. The van der Waals surface area contributed by atoms with Crippen LogP contribution in [0.2, 0.25) is 0 Å². The Morgan fingerprint density at radius 1 is 0.833 bits per heavy atom. The fourth-order valence-corrected chi connectivity index (χ4v) is 3.23. The molecule has 1 rings (SSSR count). The third-order valence-electron chi connectivity index (χ3n) is 4.08. The van der Waals surface area contributed by atoms with Crippen molar-refractivity contribution in [1.82, 2.24) is 0 Å². The molecule has 36 heavy (non-hydrogen) atoms. The topological polar surface area (TPSA) is 202 Å². The zero-order chi connectivity index (χ0) is 27.5. The molecule has 0 amide bonds. The minimum absolute atomic E-state index is 0.0572. The van der Waals surface area contributed by atoms with Crippen LogP contribution >= 0.6 is 0 Å². The third-order valence-corrected chi connectivity index (χ3v) is 4.95. The van der Waals surface area contributed by atoms with Crippen molar-refractivity contribution in [2.45, 2.75) is 13.8 Å². The fourth-order valence-electron chi connectivity index (χ4n) is 2.42. The Balaban J connectivity index is 3.50. The zero-order valence-electron chi connectivity index (χ0n) is 18.9. The first-order valence-corrected chi connectivity index (χ1v) is 12.4. The molecule has 2 atom stereocenters. The van der Waals surface area contributed by atoms with Gasteiger partial charge in [-0.2, -0.15) is 16.8 Å². The molecule has 0 spiro atoms. The van der Waals surface area contributed by atoms with Crippen molar-refractivity contribution in [2.24, 2.45) is 11.8 Å². The van der Waals surface area contributed by atoms with Gasteiger partial charge < -0.3 is 9.47 Å². The molecule has 2 N–H and O–H groups in total. The van der Waals surface area contributed by atoms with E-state index in [-0.39, 0.29) is 35.2 Å². The van der Waals surface area contributed by atoms with E-state index in [1.807, 2.05) is 0 Å². The Morgan fingerprint density at radius 2 is 1.17 bits per heavy atom. The second kappa shape index (κ2) is 13.4. The third kappa shape index (κ3) is 10.3. The van der Waals surface area contributed by atoms with Crippen molar-refractivity contribution < 1.29 is 43.8 Å². The van der Waals surface area contributed by atoms with E-state index in [1.165, 1.54) is 26.0 Å². The smallest absolute Gasteiger partial charge is 0.397 e. The van der Waals surface area contributed by atoms with Crippen molar-refractivity contribution >= 4 is 32.2 Å². The summed E-state index contributed by atoms with van der Waals surface area (Å²) in [6.07, 6.45) is 0. The lowest BCUT2D eigenvalue weighted by Gasteiger charge is -2.16. The molecule has 0 aliphatic rings. The van der Waals surface area contributed by atoms with Gasteiger partial charge in [0.25, 0.3) is 11.4 Å². The molecular weight excluding hydrogens is 520 g/mol. The van der Waals surface area contributed by atoms with Gasteiger partial charge in [0.2, 0.25) is 0 Å². The lowest BCUT2D eigenvalue weighted by molar-refractivity contribution is 0.174. The lowest BCUT2D eigenvalue weighted by Crippen LogP contribution is -2.24. The Kier molecular flexibility index (Phi) is 11.3. The summed E-state index contributed by atoms with van der Waals surface area (Å²) >= 11 is 0. The first-order chi connectivity index (χ1) is 16.7. The molecule has 0 aromatic heterocycles. The summed E-state index contributed by atoms with van der Waals surface area (Å²) in [7, 11) is -9.35. The fraction of sp³-hybridized carbons (Fsp3) is 0.400. The summed E-state index contributed by atoms with van der Waals surface area (Å²) in [6.45, 7) is 16.3. The van der Waals surface area contributed by atoms with Crippen LogP contribution in [0, 0.1) is 47.6 Å². The Bertz CT molecular complexity index is 1330. The minimum Gasteiger partial charge on any atom is -0.494 e. The number of nitrogens with zero attached hydrogens (tertiary/aromatic N) is 4.